The number of carbonyl (C=O) groups excluding carboxylic acids is 1. The van der Waals surface area contributed by atoms with Crippen LogP contribution < -0.4 is 5.32 Å². The zero-order valence-corrected chi connectivity index (χ0v) is 13.6. The molecule has 0 aliphatic rings. The number of hydrogen-bond acceptors (Lipinski definition) is 4. The molecule has 3 rings (SSSR count). The minimum absolute atomic E-state index is 0.134. The Kier molecular flexibility index (Phi) is 4.78. The van der Waals surface area contributed by atoms with Crippen molar-refractivity contribution in [3.05, 3.63) is 76.3 Å². The molecule has 1 aromatic heterocycles. The molecular formula is C18H17N3OS. The summed E-state index contributed by atoms with van der Waals surface area (Å²) in [5.74, 6) is -0.134. The van der Waals surface area contributed by atoms with Gasteiger partial charge in [0.05, 0.1) is 0 Å². The molecule has 1 heterocycles. The first-order valence-electron chi connectivity index (χ1n) is 7.45. The minimum atomic E-state index is -0.134. The lowest BCUT2D eigenvalue weighted by Crippen LogP contribution is -2.14. The van der Waals surface area contributed by atoms with Crippen molar-refractivity contribution in [3.63, 3.8) is 0 Å². The zero-order valence-electron chi connectivity index (χ0n) is 12.8. The first-order valence-corrected chi connectivity index (χ1v) is 8.27. The fraction of sp³-hybridized carbons (Fsp3) is 0.167. The molecule has 0 atom stereocenters. The van der Waals surface area contributed by atoms with E-state index in [4.69, 9.17) is 0 Å². The molecule has 0 spiro atoms. The van der Waals surface area contributed by atoms with Crippen LogP contribution in [0.1, 0.15) is 26.5 Å². The van der Waals surface area contributed by atoms with E-state index in [9.17, 15) is 4.79 Å². The molecule has 0 unspecified atom stereocenters. The van der Waals surface area contributed by atoms with E-state index in [2.05, 4.69) is 27.6 Å². The van der Waals surface area contributed by atoms with E-state index >= 15 is 0 Å². The van der Waals surface area contributed by atoms with Crippen molar-refractivity contribution in [1.82, 2.24) is 10.2 Å². The van der Waals surface area contributed by atoms with Crippen LogP contribution in [0.15, 0.2) is 54.6 Å². The molecule has 0 saturated carbocycles. The van der Waals surface area contributed by atoms with E-state index < -0.39 is 0 Å². The van der Waals surface area contributed by atoms with Crippen LogP contribution in [0.4, 0.5) is 5.13 Å². The van der Waals surface area contributed by atoms with Gasteiger partial charge in [-0.15, -0.1) is 10.2 Å². The van der Waals surface area contributed by atoms with Gasteiger partial charge < -0.3 is 0 Å². The molecule has 0 saturated heterocycles. The number of hydrogen-bond donors (Lipinski definition) is 1. The third-order valence-electron chi connectivity index (χ3n) is 3.53. The molecular weight excluding hydrogens is 306 g/mol. The third-order valence-corrected chi connectivity index (χ3v) is 4.29. The molecule has 5 heteroatoms. The standard InChI is InChI=1S/C18H17N3OS/c1-13-20-21-18(23-13)19-17(22)16-10-6-5-9-15(16)12-11-14-7-3-2-4-8-14/h2-10H,11-12H2,1H3,(H,19,21,22). The average molecular weight is 323 g/mol. The highest BCUT2D eigenvalue weighted by Gasteiger charge is 2.13. The van der Waals surface area contributed by atoms with Crippen molar-refractivity contribution < 1.29 is 4.79 Å². The highest BCUT2D eigenvalue weighted by molar-refractivity contribution is 7.15. The average Bonchev–Trinajstić information content (AvgIpc) is 2.99. The number of anilines is 1. The first kappa shape index (κ1) is 15.4. The second kappa shape index (κ2) is 7.15. The van der Waals surface area contributed by atoms with Gasteiger partial charge in [-0.25, -0.2) is 0 Å². The lowest BCUT2D eigenvalue weighted by Gasteiger charge is -2.09. The monoisotopic (exact) mass is 323 g/mol. The fourth-order valence-corrected chi connectivity index (χ4v) is 2.98. The molecule has 0 aliphatic carbocycles. The second-order valence-corrected chi connectivity index (χ2v) is 6.40. The second-order valence-electron chi connectivity index (χ2n) is 5.22. The molecule has 0 bridgehead atoms. The number of nitrogens with zero attached hydrogens (tertiary/aromatic N) is 2. The number of amides is 1. The maximum absolute atomic E-state index is 12.5. The number of aryl methyl sites for hydroxylation is 3. The van der Waals surface area contributed by atoms with Crippen molar-refractivity contribution in [2.24, 2.45) is 0 Å². The SMILES string of the molecule is Cc1nnc(NC(=O)c2ccccc2CCc2ccccc2)s1. The molecule has 0 aliphatic heterocycles. The molecule has 116 valence electrons. The fourth-order valence-electron chi connectivity index (χ4n) is 2.40. The topological polar surface area (TPSA) is 54.9 Å². The van der Waals surface area contributed by atoms with Crippen LogP contribution >= 0.6 is 11.3 Å². The summed E-state index contributed by atoms with van der Waals surface area (Å²) in [5, 5.41) is 12.0. The minimum Gasteiger partial charge on any atom is -0.296 e. The van der Waals surface area contributed by atoms with Crippen LogP contribution in [0.3, 0.4) is 0 Å². The number of nitrogens with one attached hydrogen (secondary N) is 1. The normalized spacial score (nSPS) is 10.5. The van der Waals surface area contributed by atoms with Gasteiger partial charge in [0, 0.05) is 5.56 Å². The van der Waals surface area contributed by atoms with E-state index in [0.717, 1.165) is 23.4 Å². The predicted octanol–water partition coefficient (Wildman–Crippen LogP) is 3.88. The van der Waals surface area contributed by atoms with Crippen LogP contribution in [-0.2, 0) is 12.8 Å². The Hall–Kier alpha value is -2.53. The highest BCUT2D eigenvalue weighted by atomic mass is 32.1. The Morgan fingerprint density at radius 2 is 1.74 bits per heavy atom. The van der Waals surface area contributed by atoms with Gasteiger partial charge in [0.1, 0.15) is 5.01 Å². The van der Waals surface area contributed by atoms with Gasteiger partial charge in [-0.3, -0.25) is 10.1 Å². The van der Waals surface area contributed by atoms with E-state index in [1.54, 1.807) is 0 Å². The number of carbonyl (C=O) groups is 1. The van der Waals surface area contributed by atoms with E-state index in [1.165, 1.54) is 16.9 Å². The summed E-state index contributed by atoms with van der Waals surface area (Å²) >= 11 is 1.37. The van der Waals surface area contributed by atoms with Crippen LogP contribution in [0.2, 0.25) is 0 Å². The maximum atomic E-state index is 12.5. The molecule has 23 heavy (non-hydrogen) atoms. The van der Waals surface area contributed by atoms with Gasteiger partial charge in [0.2, 0.25) is 5.13 Å². The molecule has 4 nitrogen and oxygen atoms in total. The quantitative estimate of drug-likeness (QED) is 0.775. The zero-order chi connectivity index (χ0) is 16.1. The summed E-state index contributed by atoms with van der Waals surface area (Å²) in [7, 11) is 0. The van der Waals surface area contributed by atoms with Gasteiger partial charge in [-0.2, -0.15) is 0 Å². The number of aromatic nitrogens is 2. The van der Waals surface area contributed by atoms with Crippen molar-refractivity contribution in [3.8, 4) is 0 Å². The Bertz CT molecular complexity index is 799. The van der Waals surface area contributed by atoms with Crippen LogP contribution in [-0.4, -0.2) is 16.1 Å². The third kappa shape index (κ3) is 4.02. The summed E-state index contributed by atoms with van der Waals surface area (Å²) in [4.78, 5) is 12.5. The number of benzene rings is 2. The Morgan fingerprint density at radius 3 is 2.48 bits per heavy atom. The van der Waals surface area contributed by atoms with Gasteiger partial charge >= 0.3 is 0 Å². The van der Waals surface area contributed by atoms with Gasteiger partial charge in [-0.05, 0) is 37.0 Å². The van der Waals surface area contributed by atoms with E-state index in [-0.39, 0.29) is 5.91 Å². The molecule has 0 radical (unpaired) electrons. The molecule has 2 aromatic carbocycles. The van der Waals surface area contributed by atoms with Crippen molar-refractivity contribution in [2.45, 2.75) is 19.8 Å². The molecule has 1 N–H and O–H groups in total. The summed E-state index contributed by atoms with van der Waals surface area (Å²) in [6.45, 7) is 1.86. The Balaban J connectivity index is 1.73. The largest absolute Gasteiger partial charge is 0.296 e. The summed E-state index contributed by atoms with van der Waals surface area (Å²) in [6.07, 6.45) is 1.73. The van der Waals surface area contributed by atoms with Crippen LogP contribution in [0.25, 0.3) is 0 Å². The van der Waals surface area contributed by atoms with E-state index in [1.807, 2.05) is 49.4 Å². The summed E-state index contributed by atoms with van der Waals surface area (Å²) in [6, 6.07) is 18.0. The molecule has 3 aromatic rings. The van der Waals surface area contributed by atoms with Gasteiger partial charge in [-0.1, -0.05) is 59.9 Å². The van der Waals surface area contributed by atoms with Crippen molar-refractivity contribution >= 4 is 22.4 Å². The molecule has 1 amide bonds. The first-order chi connectivity index (χ1) is 11.2. The van der Waals surface area contributed by atoms with Crippen molar-refractivity contribution in [1.29, 1.82) is 0 Å². The van der Waals surface area contributed by atoms with E-state index in [0.29, 0.717) is 10.7 Å². The van der Waals surface area contributed by atoms with Gasteiger partial charge in [0.25, 0.3) is 5.91 Å². The smallest absolute Gasteiger partial charge is 0.257 e. The maximum Gasteiger partial charge on any atom is 0.257 e. The highest BCUT2D eigenvalue weighted by Crippen LogP contribution is 2.18. The molecule has 0 fully saturated rings. The lowest BCUT2D eigenvalue weighted by molar-refractivity contribution is 0.102. The summed E-state index contributed by atoms with van der Waals surface area (Å²) < 4.78 is 0. The Labute approximate surface area is 139 Å². The Morgan fingerprint density at radius 1 is 1.00 bits per heavy atom. The van der Waals surface area contributed by atoms with Crippen LogP contribution in [0.5, 0.6) is 0 Å². The predicted molar refractivity (Wildman–Crippen MR) is 92.9 cm³/mol. The van der Waals surface area contributed by atoms with Gasteiger partial charge in [0.15, 0.2) is 0 Å². The van der Waals surface area contributed by atoms with Crippen LogP contribution in [0, 0.1) is 6.92 Å². The number of rotatable bonds is 5. The lowest BCUT2D eigenvalue weighted by atomic mass is 9.99. The van der Waals surface area contributed by atoms with Crippen molar-refractivity contribution in [2.75, 3.05) is 5.32 Å². The summed E-state index contributed by atoms with van der Waals surface area (Å²) in [5.41, 5.74) is 2.99.